The molecule has 0 atom stereocenters. The van der Waals surface area contributed by atoms with Crippen molar-refractivity contribution in [2.75, 3.05) is 0 Å². The highest BCUT2D eigenvalue weighted by Gasteiger charge is 2.18. The van der Waals surface area contributed by atoms with E-state index in [9.17, 15) is 0 Å². The van der Waals surface area contributed by atoms with E-state index in [-0.39, 0.29) is 0 Å². The van der Waals surface area contributed by atoms with E-state index in [1.807, 2.05) is 72.8 Å². The van der Waals surface area contributed by atoms with Crippen molar-refractivity contribution in [2.24, 2.45) is 0 Å². The summed E-state index contributed by atoms with van der Waals surface area (Å²) in [6.45, 7) is 5.71. The molecule has 2 aromatic carbocycles. The number of rotatable bonds is 3. The molecule has 1 nitrogen and oxygen atoms in total. The average Bonchev–Trinajstić information content (AvgIpc) is 2.63. The number of allylic oxidation sites excluding steroid dienone is 4. The Balaban J connectivity index is 2.17. The van der Waals surface area contributed by atoms with E-state index in [1.165, 1.54) is 0 Å². The van der Waals surface area contributed by atoms with Crippen LogP contribution in [0.15, 0.2) is 96.1 Å². The van der Waals surface area contributed by atoms with Crippen LogP contribution in [0.25, 0.3) is 16.7 Å². The lowest BCUT2D eigenvalue weighted by Gasteiger charge is -2.24. The van der Waals surface area contributed by atoms with Gasteiger partial charge in [-0.3, -0.25) is 0 Å². The standard InChI is InChI=1S/C22H17Cl2N/c1-3-12-25-15-21(22(24)14-18(25)4-2)20-11-6-5-10-19(20)16-8-7-9-17(23)13-16/h3,5-15H,2H2,1H3. The number of hydrogen-bond donors (Lipinski definition) is 0. The molecule has 0 saturated carbocycles. The third-order valence-electron chi connectivity index (χ3n) is 3.91. The smallest absolute Gasteiger partial charge is 0.0889 e. The molecule has 0 radical (unpaired) electrons. The molecule has 0 saturated heterocycles. The van der Waals surface area contributed by atoms with E-state index in [0.29, 0.717) is 10.1 Å². The first-order chi connectivity index (χ1) is 12.1. The fourth-order valence-electron chi connectivity index (χ4n) is 2.79. The highest BCUT2D eigenvalue weighted by Crippen LogP contribution is 2.38. The lowest BCUT2D eigenvalue weighted by atomic mass is 9.93. The molecule has 124 valence electrons. The van der Waals surface area contributed by atoms with Crippen LogP contribution in [0.2, 0.25) is 5.02 Å². The normalized spacial score (nSPS) is 14.4. The Hall–Kier alpha value is -2.44. The first kappa shape index (κ1) is 17.4. The van der Waals surface area contributed by atoms with Crippen molar-refractivity contribution in [1.82, 2.24) is 4.90 Å². The fraction of sp³-hybridized carbons (Fsp3) is 0.0455. The van der Waals surface area contributed by atoms with Crippen LogP contribution in [-0.2, 0) is 0 Å². The summed E-state index contributed by atoms with van der Waals surface area (Å²) in [6.07, 6.45) is 7.79. The molecule has 0 N–H and O–H groups in total. The largest absolute Gasteiger partial charge is 0.317 e. The van der Waals surface area contributed by atoms with Gasteiger partial charge >= 0.3 is 0 Å². The number of benzene rings is 2. The van der Waals surface area contributed by atoms with Gasteiger partial charge in [0, 0.05) is 23.0 Å². The van der Waals surface area contributed by atoms with Crippen LogP contribution in [0.3, 0.4) is 0 Å². The summed E-state index contributed by atoms with van der Waals surface area (Å²) in [5, 5.41) is 1.36. The minimum absolute atomic E-state index is 0.654. The molecule has 1 heterocycles. The summed E-state index contributed by atoms with van der Waals surface area (Å²) in [7, 11) is 0. The van der Waals surface area contributed by atoms with Crippen LogP contribution in [0.4, 0.5) is 0 Å². The van der Waals surface area contributed by atoms with Crippen molar-refractivity contribution in [2.45, 2.75) is 6.92 Å². The summed E-state index contributed by atoms with van der Waals surface area (Å²) >= 11 is 12.8. The predicted octanol–water partition coefficient (Wildman–Crippen LogP) is 6.99. The monoisotopic (exact) mass is 365 g/mol. The maximum Gasteiger partial charge on any atom is 0.0889 e. The van der Waals surface area contributed by atoms with Gasteiger partial charge < -0.3 is 4.90 Å². The Morgan fingerprint density at radius 3 is 2.48 bits per heavy atom. The molecule has 3 rings (SSSR count). The van der Waals surface area contributed by atoms with Gasteiger partial charge in [0.05, 0.1) is 10.7 Å². The van der Waals surface area contributed by atoms with Crippen molar-refractivity contribution in [1.29, 1.82) is 0 Å². The van der Waals surface area contributed by atoms with Gasteiger partial charge in [-0.15, -0.1) is 5.73 Å². The molecule has 3 heteroatoms. The van der Waals surface area contributed by atoms with Crippen LogP contribution in [0.1, 0.15) is 12.5 Å². The zero-order valence-corrected chi connectivity index (χ0v) is 15.4. The molecule has 0 aliphatic carbocycles. The molecule has 25 heavy (non-hydrogen) atoms. The van der Waals surface area contributed by atoms with Gasteiger partial charge in [0.25, 0.3) is 0 Å². The summed E-state index contributed by atoms with van der Waals surface area (Å²) < 4.78 is 0. The maximum atomic E-state index is 6.57. The fourth-order valence-corrected chi connectivity index (χ4v) is 3.24. The van der Waals surface area contributed by atoms with Gasteiger partial charge in [0.1, 0.15) is 0 Å². The van der Waals surface area contributed by atoms with E-state index in [0.717, 1.165) is 28.0 Å². The van der Waals surface area contributed by atoms with Crippen molar-refractivity contribution in [3.63, 3.8) is 0 Å². The van der Waals surface area contributed by atoms with Crippen molar-refractivity contribution < 1.29 is 0 Å². The van der Waals surface area contributed by atoms with Crippen LogP contribution in [-0.4, -0.2) is 4.90 Å². The lowest BCUT2D eigenvalue weighted by Crippen LogP contribution is -2.12. The highest BCUT2D eigenvalue weighted by molar-refractivity contribution is 6.37. The Morgan fingerprint density at radius 2 is 1.80 bits per heavy atom. The van der Waals surface area contributed by atoms with Crippen LogP contribution < -0.4 is 0 Å². The molecule has 0 unspecified atom stereocenters. The molecular weight excluding hydrogens is 349 g/mol. The molecule has 0 spiro atoms. The molecule has 2 aromatic rings. The van der Waals surface area contributed by atoms with Crippen molar-refractivity contribution in [3.8, 4) is 11.1 Å². The second kappa shape index (κ2) is 7.63. The third kappa shape index (κ3) is 3.65. The Bertz CT molecular complexity index is 944. The van der Waals surface area contributed by atoms with E-state index in [1.54, 1.807) is 0 Å². The van der Waals surface area contributed by atoms with E-state index >= 15 is 0 Å². The number of halogens is 2. The summed E-state index contributed by atoms with van der Waals surface area (Å²) in [5.74, 6) is 0. The van der Waals surface area contributed by atoms with E-state index < -0.39 is 0 Å². The molecule has 0 amide bonds. The molecule has 0 fully saturated rings. The topological polar surface area (TPSA) is 3.24 Å². The Kier molecular flexibility index (Phi) is 5.31. The summed E-state index contributed by atoms with van der Waals surface area (Å²) in [5.41, 5.74) is 7.84. The molecule has 1 aliphatic rings. The average molecular weight is 366 g/mol. The zero-order valence-electron chi connectivity index (χ0n) is 13.8. The van der Waals surface area contributed by atoms with Crippen LogP contribution >= 0.6 is 23.2 Å². The SMILES string of the molecule is C=C=C1C=C(Cl)C(c2ccccc2-c2cccc(Cl)c2)=CN1C=CC. The van der Waals surface area contributed by atoms with Crippen LogP contribution in [0, 0.1) is 0 Å². The predicted molar refractivity (Wildman–Crippen MR) is 108 cm³/mol. The molecular formula is C22H17Cl2N. The van der Waals surface area contributed by atoms with Crippen molar-refractivity contribution in [3.05, 3.63) is 107 Å². The summed E-state index contributed by atoms with van der Waals surface area (Å²) in [4.78, 5) is 1.96. The second-order valence-corrected chi connectivity index (χ2v) is 6.39. The lowest BCUT2D eigenvalue weighted by molar-refractivity contribution is 0.648. The Morgan fingerprint density at radius 1 is 1.04 bits per heavy atom. The number of nitrogens with zero attached hydrogens (tertiary/aromatic N) is 1. The third-order valence-corrected chi connectivity index (χ3v) is 4.46. The molecule has 1 aliphatic heterocycles. The van der Waals surface area contributed by atoms with Gasteiger partial charge in [0.15, 0.2) is 0 Å². The molecule has 0 aromatic heterocycles. The summed E-state index contributed by atoms with van der Waals surface area (Å²) in [6, 6.07) is 16.0. The van der Waals surface area contributed by atoms with Gasteiger partial charge in [0.2, 0.25) is 0 Å². The van der Waals surface area contributed by atoms with E-state index in [2.05, 4.69) is 24.4 Å². The van der Waals surface area contributed by atoms with Crippen LogP contribution in [0.5, 0.6) is 0 Å². The van der Waals surface area contributed by atoms with Gasteiger partial charge in [-0.05, 0) is 41.8 Å². The minimum atomic E-state index is 0.654. The minimum Gasteiger partial charge on any atom is -0.317 e. The maximum absolute atomic E-state index is 6.57. The van der Waals surface area contributed by atoms with E-state index in [4.69, 9.17) is 23.2 Å². The van der Waals surface area contributed by atoms with Crippen molar-refractivity contribution >= 4 is 28.8 Å². The first-order valence-corrected chi connectivity index (χ1v) is 8.65. The highest BCUT2D eigenvalue weighted by atomic mass is 35.5. The quantitative estimate of drug-likeness (QED) is 0.529. The zero-order chi connectivity index (χ0) is 17.8. The van der Waals surface area contributed by atoms with Gasteiger partial charge in [-0.1, -0.05) is 72.3 Å². The second-order valence-electron chi connectivity index (χ2n) is 5.54. The molecule has 0 bridgehead atoms. The number of hydrogen-bond acceptors (Lipinski definition) is 1. The first-order valence-electron chi connectivity index (χ1n) is 7.90. The van der Waals surface area contributed by atoms with Gasteiger partial charge in [-0.25, -0.2) is 0 Å². The van der Waals surface area contributed by atoms with Gasteiger partial charge in [-0.2, -0.15) is 0 Å². The Labute approximate surface area is 158 Å².